The van der Waals surface area contributed by atoms with Gasteiger partial charge in [-0.2, -0.15) is 21.8 Å². The molecule has 1 atom stereocenters. The van der Waals surface area contributed by atoms with Gasteiger partial charge < -0.3 is 5.11 Å². The Hall–Kier alpha value is -0.520. The number of aliphatic hydroxyl groups is 1. The number of piperazine rings is 1. The molecular weight excluding hydrogens is 306 g/mol. The number of hydrogen-bond donors (Lipinski definition) is 2. The van der Waals surface area contributed by atoms with Gasteiger partial charge in [0.2, 0.25) is 10.0 Å². The zero-order valence-electron chi connectivity index (χ0n) is 11.4. The van der Waals surface area contributed by atoms with E-state index in [0.29, 0.717) is 6.42 Å². The van der Waals surface area contributed by atoms with Crippen LogP contribution in [0.1, 0.15) is 6.42 Å². The Morgan fingerprint density at radius 3 is 2.10 bits per heavy atom. The third kappa shape index (κ3) is 4.79. The van der Waals surface area contributed by atoms with E-state index in [1.807, 2.05) is 0 Å². The van der Waals surface area contributed by atoms with Crippen LogP contribution in [0.3, 0.4) is 0 Å². The number of rotatable bonds is 7. The monoisotopic (exact) mass is 327 g/mol. The molecule has 1 aliphatic heterocycles. The standard InChI is InChI=1S/C10H21N3O5S2/c1-3-4-10(9-14)11-20(17,18)13-7-5-12(6-8-13)19(2,15)16/h3,10-11,14H,1,4-9H2,2H3. The molecule has 1 heterocycles. The summed E-state index contributed by atoms with van der Waals surface area (Å²) in [5.74, 6) is 0. The Balaban J connectivity index is 2.65. The normalized spacial score (nSPS) is 20.7. The van der Waals surface area contributed by atoms with Crippen LogP contribution in [0.25, 0.3) is 0 Å². The summed E-state index contributed by atoms with van der Waals surface area (Å²) in [6, 6.07) is -0.620. The minimum Gasteiger partial charge on any atom is -0.395 e. The summed E-state index contributed by atoms with van der Waals surface area (Å²) in [6.45, 7) is 3.61. The molecule has 1 aliphatic rings. The van der Waals surface area contributed by atoms with Crippen molar-refractivity contribution >= 4 is 20.2 Å². The maximum Gasteiger partial charge on any atom is 0.279 e. The van der Waals surface area contributed by atoms with Gasteiger partial charge in [0.25, 0.3) is 10.2 Å². The lowest BCUT2D eigenvalue weighted by Crippen LogP contribution is -2.54. The highest BCUT2D eigenvalue weighted by molar-refractivity contribution is 7.88. The van der Waals surface area contributed by atoms with Crippen molar-refractivity contribution < 1.29 is 21.9 Å². The van der Waals surface area contributed by atoms with Crippen LogP contribution in [-0.4, -0.2) is 75.6 Å². The molecule has 0 bridgehead atoms. The molecule has 0 aromatic rings. The van der Waals surface area contributed by atoms with Gasteiger partial charge in [0.1, 0.15) is 0 Å². The van der Waals surface area contributed by atoms with Gasteiger partial charge >= 0.3 is 0 Å². The first kappa shape index (κ1) is 17.5. The van der Waals surface area contributed by atoms with E-state index in [2.05, 4.69) is 11.3 Å². The van der Waals surface area contributed by atoms with E-state index in [1.165, 1.54) is 14.7 Å². The summed E-state index contributed by atoms with van der Waals surface area (Å²) < 4.78 is 51.7. The molecule has 0 spiro atoms. The summed E-state index contributed by atoms with van der Waals surface area (Å²) in [5.41, 5.74) is 0. The third-order valence-corrected chi connectivity index (χ3v) is 5.97. The molecule has 0 aliphatic carbocycles. The molecule has 0 saturated carbocycles. The first-order chi connectivity index (χ1) is 9.20. The Labute approximate surface area is 120 Å². The maximum absolute atomic E-state index is 12.1. The van der Waals surface area contributed by atoms with Gasteiger partial charge in [-0.1, -0.05) is 6.08 Å². The summed E-state index contributed by atoms with van der Waals surface area (Å²) in [5, 5.41) is 9.09. The second kappa shape index (κ2) is 6.96. The molecule has 0 radical (unpaired) electrons. The summed E-state index contributed by atoms with van der Waals surface area (Å²) >= 11 is 0. The van der Waals surface area contributed by atoms with Crippen LogP contribution in [0, 0.1) is 0 Å². The lowest BCUT2D eigenvalue weighted by Gasteiger charge is -2.33. The van der Waals surface area contributed by atoms with Gasteiger partial charge in [0, 0.05) is 32.2 Å². The summed E-state index contributed by atoms with van der Waals surface area (Å²) in [7, 11) is -7.02. The van der Waals surface area contributed by atoms with Gasteiger partial charge in [-0.05, 0) is 6.42 Å². The average molecular weight is 327 g/mol. The van der Waals surface area contributed by atoms with Crippen molar-refractivity contribution in [2.75, 3.05) is 39.0 Å². The molecule has 8 nitrogen and oxygen atoms in total. The van der Waals surface area contributed by atoms with E-state index < -0.39 is 26.3 Å². The lowest BCUT2D eigenvalue weighted by atomic mass is 10.2. The fourth-order valence-electron chi connectivity index (χ4n) is 1.89. The van der Waals surface area contributed by atoms with Gasteiger partial charge in [-0.15, -0.1) is 6.58 Å². The average Bonchev–Trinajstić information content (AvgIpc) is 2.37. The Morgan fingerprint density at radius 1 is 1.20 bits per heavy atom. The summed E-state index contributed by atoms with van der Waals surface area (Å²) in [4.78, 5) is 0. The topological polar surface area (TPSA) is 107 Å². The number of hydrogen-bond acceptors (Lipinski definition) is 5. The zero-order valence-corrected chi connectivity index (χ0v) is 13.0. The molecule has 0 aromatic heterocycles. The van der Waals surface area contributed by atoms with Crippen molar-refractivity contribution in [1.82, 2.24) is 13.3 Å². The highest BCUT2D eigenvalue weighted by Gasteiger charge is 2.31. The van der Waals surface area contributed by atoms with Gasteiger partial charge in [0.05, 0.1) is 12.9 Å². The highest BCUT2D eigenvalue weighted by atomic mass is 32.2. The fourth-order valence-corrected chi connectivity index (χ4v) is 4.10. The van der Waals surface area contributed by atoms with Crippen LogP contribution >= 0.6 is 0 Å². The van der Waals surface area contributed by atoms with E-state index >= 15 is 0 Å². The van der Waals surface area contributed by atoms with E-state index in [-0.39, 0.29) is 32.8 Å². The van der Waals surface area contributed by atoms with E-state index in [9.17, 15) is 16.8 Å². The quantitative estimate of drug-likeness (QED) is 0.544. The molecule has 1 unspecified atom stereocenters. The van der Waals surface area contributed by atoms with Crippen molar-refractivity contribution in [1.29, 1.82) is 0 Å². The van der Waals surface area contributed by atoms with Crippen molar-refractivity contribution in [3.8, 4) is 0 Å². The van der Waals surface area contributed by atoms with Crippen molar-refractivity contribution in [3.63, 3.8) is 0 Å². The van der Waals surface area contributed by atoms with Crippen LogP contribution in [0.15, 0.2) is 12.7 Å². The first-order valence-corrected chi connectivity index (χ1v) is 9.44. The van der Waals surface area contributed by atoms with Crippen LogP contribution in [0.2, 0.25) is 0 Å². The third-order valence-electron chi connectivity index (χ3n) is 2.99. The smallest absolute Gasteiger partial charge is 0.279 e. The predicted octanol–water partition coefficient (Wildman–Crippen LogP) is -1.66. The molecule has 2 N–H and O–H groups in total. The maximum atomic E-state index is 12.1. The minimum atomic E-state index is -3.73. The lowest BCUT2D eigenvalue weighted by molar-refractivity contribution is 0.246. The number of sulfonamides is 1. The van der Waals surface area contributed by atoms with E-state index in [1.54, 1.807) is 0 Å². The fraction of sp³-hybridized carbons (Fsp3) is 0.800. The summed E-state index contributed by atoms with van der Waals surface area (Å²) in [6.07, 6.45) is 2.94. The molecule has 20 heavy (non-hydrogen) atoms. The Kier molecular flexibility index (Phi) is 6.10. The zero-order chi connectivity index (χ0) is 15.4. The van der Waals surface area contributed by atoms with Crippen molar-refractivity contribution in [3.05, 3.63) is 12.7 Å². The number of aliphatic hydroxyl groups excluding tert-OH is 1. The molecule has 1 saturated heterocycles. The molecule has 118 valence electrons. The van der Waals surface area contributed by atoms with Gasteiger partial charge in [-0.25, -0.2) is 8.42 Å². The molecule has 10 heteroatoms. The SMILES string of the molecule is C=CCC(CO)NS(=O)(=O)N1CCN(S(C)(=O)=O)CC1. The first-order valence-electron chi connectivity index (χ1n) is 6.15. The molecule has 1 fully saturated rings. The van der Waals surface area contributed by atoms with Crippen molar-refractivity contribution in [2.45, 2.75) is 12.5 Å². The second-order valence-electron chi connectivity index (χ2n) is 4.59. The second-order valence-corrected chi connectivity index (χ2v) is 8.27. The largest absolute Gasteiger partial charge is 0.395 e. The van der Waals surface area contributed by atoms with Gasteiger partial charge in [0.15, 0.2) is 0 Å². The molecular formula is C10H21N3O5S2. The van der Waals surface area contributed by atoms with Crippen LogP contribution < -0.4 is 4.72 Å². The highest BCUT2D eigenvalue weighted by Crippen LogP contribution is 2.10. The molecule has 0 amide bonds. The number of nitrogens with one attached hydrogen (secondary N) is 1. The Bertz CT molecular complexity index is 523. The Morgan fingerprint density at radius 2 is 1.70 bits per heavy atom. The molecule has 0 aromatic carbocycles. The van der Waals surface area contributed by atoms with E-state index in [0.717, 1.165) is 6.26 Å². The van der Waals surface area contributed by atoms with Gasteiger partial charge in [-0.3, -0.25) is 0 Å². The number of nitrogens with zero attached hydrogens (tertiary/aromatic N) is 2. The van der Waals surface area contributed by atoms with E-state index in [4.69, 9.17) is 5.11 Å². The molecule has 1 rings (SSSR count). The van der Waals surface area contributed by atoms with Crippen LogP contribution in [0.4, 0.5) is 0 Å². The van der Waals surface area contributed by atoms with Crippen LogP contribution in [-0.2, 0) is 20.2 Å². The van der Waals surface area contributed by atoms with Crippen LogP contribution in [0.5, 0.6) is 0 Å². The predicted molar refractivity (Wildman–Crippen MR) is 75.7 cm³/mol. The minimum absolute atomic E-state index is 0.0919. The van der Waals surface area contributed by atoms with Crippen molar-refractivity contribution in [2.24, 2.45) is 0 Å².